The van der Waals surface area contributed by atoms with Crippen molar-refractivity contribution in [2.75, 3.05) is 19.8 Å². The number of nitrogens with zero attached hydrogens (tertiary/aromatic N) is 1. The van der Waals surface area contributed by atoms with Gasteiger partial charge in [0.1, 0.15) is 17.4 Å². The molecule has 0 spiro atoms. The number of benzene rings is 2. The number of hydrogen-bond acceptors (Lipinski definition) is 7. The first kappa shape index (κ1) is 22.8. The summed E-state index contributed by atoms with van der Waals surface area (Å²) in [5.74, 6) is -0.548. The molecule has 2 aromatic rings. The average molecular weight is 430 g/mol. The number of carbonyl (C=O) groups excluding carboxylic acids is 2. The van der Waals surface area contributed by atoms with Crippen LogP contribution in [0.5, 0.6) is 17.2 Å². The van der Waals surface area contributed by atoms with Crippen LogP contribution >= 0.6 is 11.6 Å². The number of halogens is 1. The van der Waals surface area contributed by atoms with Crippen molar-refractivity contribution in [3.05, 3.63) is 58.6 Å². The molecule has 2 aromatic carbocycles. The number of rotatable bonds is 9. The van der Waals surface area contributed by atoms with Gasteiger partial charge in [0.05, 0.1) is 18.2 Å². The zero-order valence-corrected chi connectivity index (χ0v) is 17.3. The number of hydrogen-bond donors (Lipinski definition) is 0. The second kappa shape index (κ2) is 11.5. The van der Waals surface area contributed by atoms with Gasteiger partial charge in [0.25, 0.3) is 0 Å². The molecular formula is C22H20ClNO6. The van der Waals surface area contributed by atoms with Crippen molar-refractivity contribution in [2.24, 2.45) is 0 Å². The van der Waals surface area contributed by atoms with Crippen LogP contribution in [0.3, 0.4) is 0 Å². The topological polar surface area (TPSA) is 94.9 Å². The molecule has 0 fully saturated rings. The summed E-state index contributed by atoms with van der Waals surface area (Å²) in [5, 5.41) is 9.54. The lowest BCUT2D eigenvalue weighted by Gasteiger charge is -2.12. The fourth-order valence-electron chi connectivity index (χ4n) is 2.33. The van der Waals surface area contributed by atoms with Crippen molar-refractivity contribution in [1.82, 2.24) is 0 Å². The Kier molecular flexibility index (Phi) is 8.73. The molecule has 0 unspecified atom stereocenters. The Hall–Kier alpha value is -3.50. The Morgan fingerprint density at radius 1 is 1.03 bits per heavy atom. The van der Waals surface area contributed by atoms with Crippen molar-refractivity contribution in [2.45, 2.75) is 13.8 Å². The number of carbonyl (C=O) groups is 2. The monoisotopic (exact) mass is 429 g/mol. The molecular weight excluding hydrogens is 410 g/mol. The molecule has 2 rings (SSSR count). The van der Waals surface area contributed by atoms with Crippen LogP contribution in [-0.4, -0.2) is 31.8 Å². The molecule has 156 valence electrons. The largest absolute Gasteiger partial charge is 0.490 e. The normalized spacial score (nSPS) is 10.7. The number of para-hydroxylation sites is 1. The molecule has 0 amide bonds. The number of ether oxygens (including phenoxy) is 4. The Labute approximate surface area is 179 Å². The van der Waals surface area contributed by atoms with E-state index in [4.69, 9.17) is 35.8 Å². The summed E-state index contributed by atoms with van der Waals surface area (Å²) in [7, 11) is 0. The lowest BCUT2D eigenvalue weighted by Crippen LogP contribution is -2.18. The highest BCUT2D eigenvalue weighted by atomic mass is 35.5. The first-order valence-corrected chi connectivity index (χ1v) is 9.50. The van der Waals surface area contributed by atoms with Gasteiger partial charge < -0.3 is 18.9 Å². The second-order valence-electron chi connectivity index (χ2n) is 5.72. The molecule has 0 bridgehead atoms. The van der Waals surface area contributed by atoms with Gasteiger partial charge in [0, 0.05) is 0 Å². The van der Waals surface area contributed by atoms with Crippen LogP contribution in [0.4, 0.5) is 0 Å². The van der Waals surface area contributed by atoms with Gasteiger partial charge in [-0.2, -0.15) is 5.26 Å². The minimum absolute atomic E-state index is 0.155. The van der Waals surface area contributed by atoms with Gasteiger partial charge in [0.2, 0.25) is 0 Å². The summed E-state index contributed by atoms with van der Waals surface area (Å²) in [6, 6.07) is 13.2. The van der Waals surface area contributed by atoms with Crippen molar-refractivity contribution in [3.8, 4) is 23.3 Å². The lowest BCUT2D eigenvalue weighted by atomic mass is 10.1. The minimum Gasteiger partial charge on any atom is -0.490 e. The Bertz CT molecular complexity index is 980. The van der Waals surface area contributed by atoms with Crippen LogP contribution in [0.1, 0.15) is 19.4 Å². The molecule has 0 saturated carbocycles. The van der Waals surface area contributed by atoms with E-state index in [0.29, 0.717) is 22.9 Å². The number of esters is 2. The predicted octanol–water partition coefficient (Wildman–Crippen LogP) is 4.19. The molecule has 0 aliphatic heterocycles. The van der Waals surface area contributed by atoms with Gasteiger partial charge in [-0.15, -0.1) is 0 Å². The third-order valence-electron chi connectivity index (χ3n) is 3.60. The lowest BCUT2D eigenvalue weighted by molar-refractivity contribution is -0.138. The van der Waals surface area contributed by atoms with E-state index in [-0.39, 0.29) is 30.3 Å². The second-order valence-corrected chi connectivity index (χ2v) is 6.13. The zero-order valence-electron chi connectivity index (χ0n) is 16.5. The Morgan fingerprint density at radius 3 is 2.47 bits per heavy atom. The maximum absolute atomic E-state index is 12.2. The van der Waals surface area contributed by atoms with Gasteiger partial charge in [-0.05, 0) is 49.8 Å². The quantitative estimate of drug-likeness (QED) is 0.255. The maximum Gasteiger partial charge on any atom is 0.349 e. The zero-order chi connectivity index (χ0) is 21.9. The van der Waals surface area contributed by atoms with Gasteiger partial charge >= 0.3 is 11.9 Å². The highest BCUT2D eigenvalue weighted by Gasteiger charge is 2.14. The highest BCUT2D eigenvalue weighted by Crippen LogP contribution is 2.30. The van der Waals surface area contributed by atoms with Crippen LogP contribution in [0.15, 0.2) is 48.0 Å². The molecule has 8 heteroatoms. The number of nitriles is 1. The molecule has 30 heavy (non-hydrogen) atoms. The summed E-state index contributed by atoms with van der Waals surface area (Å²) in [6.45, 7) is 3.55. The van der Waals surface area contributed by atoms with Crippen molar-refractivity contribution in [3.63, 3.8) is 0 Å². The molecule has 0 aliphatic carbocycles. The summed E-state index contributed by atoms with van der Waals surface area (Å²) in [6.07, 6.45) is 1.37. The maximum atomic E-state index is 12.2. The Balaban J connectivity index is 2.14. The van der Waals surface area contributed by atoms with E-state index in [2.05, 4.69) is 0 Å². The summed E-state index contributed by atoms with van der Waals surface area (Å²) in [5.41, 5.74) is 0.354. The molecule has 0 heterocycles. The van der Waals surface area contributed by atoms with E-state index in [1.807, 2.05) is 0 Å². The third kappa shape index (κ3) is 6.54. The smallest absolute Gasteiger partial charge is 0.349 e. The standard InChI is InChI=1S/C22H20ClNO6/c1-3-27-20-12-15(11-16(13-24)22(26)28-4-2)9-10-19(20)30-21(25)14-29-18-8-6-5-7-17(18)23/h5-12H,3-4,14H2,1-2H3/b16-11+. The van der Waals surface area contributed by atoms with Crippen molar-refractivity contribution >= 4 is 29.6 Å². The van der Waals surface area contributed by atoms with Gasteiger partial charge in [0.15, 0.2) is 18.1 Å². The van der Waals surface area contributed by atoms with E-state index in [1.165, 1.54) is 12.1 Å². The summed E-state index contributed by atoms with van der Waals surface area (Å²) < 4.78 is 21.0. The van der Waals surface area contributed by atoms with E-state index in [1.54, 1.807) is 56.3 Å². The van der Waals surface area contributed by atoms with Crippen LogP contribution in [0, 0.1) is 11.3 Å². The first-order chi connectivity index (χ1) is 14.5. The molecule has 0 aliphatic rings. The van der Waals surface area contributed by atoms with Gasteiger partial charge in [-0.25, -0.2) is 9.59 Å². The fourth-order valence-corrected chi connectivity index (χ4v) is 2.52. The van der Waals surface area contributed by atoms with Crippen molar-refractivity contribution < 1.29 is 28.5 Å². The Morgan fingerprint density at radius 2 is 1.80 bits per heavy atom. The molecule has 0 N–H and O–H groups in total. The first-order valence-electron chi connectivity index (χ1n) is 9.12. The SMILES string of the molecule is CCOC(=O)/C(C#N)=C/c1ccc(OC(=O)COc2ccccc2Cl)c(OCC)c1. The predicted molar refractivity (Wildman–Crippen MR) is 110 cm³/mol. The molecule has 0 atom stereocenters. The molecule has 0 radical (unpaired) electrons. The van der Waals surface area contributed by atoms with Crippen LogP contribution in [-0.2, 0) is 14.3 Å². The molecule has 0 aromatic heterocycles. The summed E-state index contributed by atoms with van der Waals surface area (Å²) >= 11 is 5.99. The van der Waals surface area contributed by atoms with Crippen molar-refractivity contribution in [1.29, 1.82) is 5.26 Å². The van der Waals surface area contributed by atoms with E-state index in [0.717, 1.165) is 0 Å². The van der Waals surface area contributed by atoms with Gasteiger partial charge in [-0.3, -0.25) is 0 Å². The van der Waals surface area contributed by atoms with Crippen LogP contribution in [0.2, 0.25) is 5.02 Å². The summed E-state index contributed by atoms with van der Waals surface area (Å²) in [4.78, 5) is 23.9. The van der Waals surface area contributed by atoms with Crippen LogP contribution in [0.25, 0.3) is 6.08 Å². The average Bonchev–Trinajstić information content (AvgIpc) is 2.73. The molecule has 7 nitrogen and oxygen atoms in total. The van der Waals surface area contributed by atoms with Gasteiger partial charge in [-0.1, -0.05) is 29.8 Å². The third-order valence-corrected chi connectivity index (χ3v) is 3.91. The van der Waals surface area contributed by atoms with Crippen LogP contribution < -0.4 is 14.2 Å². The van der Waals surface area contributed by atoms with E-state index >= 15 is 0 Å². The van der Waals surface area contributed by atoms with E-state index in [9.17, 15) is 9.59 Å². The van der Waals surface area contributed by atoms with E-state index < -0.39 is 11.9 Å². The fraction of sp³-hybridized carbons (Fsp3) is 0.227. The molecule has 0 saturated heterocycles. The highest BCUT2D eigenvalue weighted by molar-refractivity contribution is 6.32. The minimum atomic E-state index is -0.717.